The van der Waals surface area contributed by atoms with Crippen LogP contribution in [0.25, 0.3) is 10.9 Å². The summed E-state index contributed by atoms with van der Waals surface area (Å²) in [6, 6.07) is 11.4. The van der Waals surface area contributed by atoms with E-state index in [2.05, 4.69) is 9.98 Å². The number of ether oxygens (including phenoxy) is 1. The predicted molar refractivity (Wildman–Crippen MR) is 89.2 cm³/mol. The molecule has 23 heavy (non-hydrogen) atoms. The van der Waals surface area contributed by atoms with Crippen molar-refractivity contribution in [3.8, 4) is 5.88 Å². The van der Waals surface area contributed by atoms with Crippen molar-refractivity contribution in [2.24, 2.45) is 10.7 Å². The third-order valence-electron chi connectivity index (χ3n) is 3.43. The quantitative estimate of drug-likeness (QED) is 0.734. The molecular weight excluding hydrogens is 292 g/mol. The Morgan fingerprint density at radius 2 is 2.17 bits per heavy atom. The van der Waals surface area contributed by atoms with E-state index >= 15 is 0 Å². The fraction of sp³-hybridized carbons (Fsp3) is 0.118. The minimum Gasteiger partial charge on any atom is -0.481 e. The van der Waals surface area contributed by atoms with Gasteiger partial charge in [-0.1, -0.05) is 18.2 Å². The molecule has 116 valence electrons. The van der Waals surface area contributed by atoms with Gasteiger partial charge in [0.05, 0.1) is 19.0 Å². The van der Waals surface area contributed by atoms with Crippen molar-refractivity contribution in [3.05, 3.63) is 54.4 Å². The van der Waals surface area contributed by atoms with Crippen LogP contribution in [-0.2, 0) is 11.3 Å². The van der Waals surface area contributed by atoms with Gasteiger partial charge in [-0.05, 0) is 12.1 Å². The largest absolute Gasteiger partial charge is 0.481 e. The first-order chi connectivity index (χ1) is 11.2. The van der Waals surface area contributed by atoms with E-state index in [0.717, 1.165) is 22.2 Å². The van der Waals surface area contributed by atoms with Gasteiger partial charge in [0.25, 0.3) is 0 Å². The van der Waals surface area contributed by atoms with Gasteiger partial charge in [0.15, 0.2) is 0 Å². The normalized spacial score (nSPS) is 11.2. The molecule has 1 aromatic carbocycles. The van der Waals surface area contributed by atoms with Crippen LogP contribution in [0.5, 0.6) is 5.88 Å². The molecule has 2 aromatic heterocycles. The lowest BCUT2D eigenvalue weighted by Crippen LogP contribution is -2.17. The summed E-state index contributed by atoms with van der Waals surface area (Å²) in [5.74, 6) is 0.163. The summed E-state index contributed by atoms with van der Waals surface area (Å²) in [6.45, 7) is 0.137. The number of rotatable bonds is 5. The van der Waals surface area contributed by atoms with Crippen LogP contribution in [-0.4, -0.2) is 28.8 Å². The molecule has 0 saturated carbocycles. The lowest BCUT2D eigenvalue weighted by Gasteiger charge is -2.00. The van der Waals surface area contributed by atoms with Crippen LogP contribution in [0.2, 0.25) is 0 Å². The summed E-state index contributed by atoms with van der Waals surface area (Å²) in [4.78, 5) is 19.7. The number of hydrogen-bond donors (Lipinski definition) is 1. The number of fused-ring (bicyclic) bond motifs is 1. The summed E-state index contributed by atoms with van der Waals surface area (Å²) < 4.78 is 6.84. The van der Waals surface area contributed by atoms with Crippen molar-refractivity contribution in [3.63, 3.8) is 0 Å². The number of aromatic nitrogens is 2. The molecule has 2 heterocycles. The Morgan fingerprint density at radius 1 is 1.35 bits per heavy atom. The summed E-state index contributed by atoms with van der Waals surface area (Å²) in [7, 11) is 1.57. The number of nitrogens with zero attached hydrogens (tertiary/aromatic N) is 3. The second-order valence-electron chi connectivity index (χ2n) is 5.01. The van der Waals surface area contributed by atoms with E-state index in [4.69, 9.17) is 10.5 Å². The van der Waals surface area contributed by atoms with Crippen LogP contribution < -0.4 is 10.5 Å². The maximum Gasteiger partial charge on any atom is 0.237 e. The van der Waals surface area contributed by atoms with Crippen LogP contribution in [0.1, 0.15) is 5.56 Å². The van der Waals surface area contributed by atoms with Crippen LogP contribution in [0.15, 0.2) is 53.8 Å². The molecule has 0 aliphatic carbocycles. The molecule has 2 N–H and O–H groups in total. The van der Waals surface area contributed by atoms with E-state index in [9.17, 15) is 4.79 Å². The van der Waals surface area contributed by atoms with Crippen molar-refractivity contribution < 1.29 is 9.53 Å². The minimum absolute atomic E-state index is 0.137. The maximum atomic E-state index is 11.2. The highest BCUT2D eigenvalue weighted by Crippen LogP contribution is 2.21. The van der Waals surface area contributed by atoms with Crippen LogP contribution >= 0.6 is 0 Å². The number of pyridine rings is 1. The second-order valence-corrected chi connectivity index (χ2v) is 5.01. The van der Waals surface area contributed by atoms with Gasteiger partial charge in [-0.3, -0.25) is 9.79 Å². The Hall–Kier alpha value is -3.15. The highest BCUT2D eigenvalue weighted by molar-refractivity contribution is 6.00. The number of aliphatic imine (C=N–C) groups is 1. The molecule has 0 bridgehead atoms. The Labute approximate surface area is 133 Å². The highest BCUT2D eigenvalue weighted by atomic mass is 16.5. The van der Waals surface area contributed by atoms with E-state index in [1.807, 2.05) is 41.1 Å². The lowest BCUT2D eigenvalue weighted by atomic mass is 10.2. The first kappa shape index (κ1) is 14.8. The van der Waals surface area contributed by atoms with E-state index in [-0.39, 0.29) is 12.5 Å². The fourth-order valence-corrected chi connectivity index (χ4v) is 2.39. The number of hydrogen-bond acceptors (Lipinski definition) is 4. The number of para-hydroxylation sites is 1. The molecule has 6 heteroatoms. The van der Waals surface area contributed by atoms with Gasteiger partial charge in [0.1, 0.15) is 6.54 Å². The molecule has 0 saturated heterocycles. The zero-order valence-corrected chi connectivity index (χ0v) is 12.6. The lowest BCUT2D eigenvalue weighted by molar-refractivity contribution is -0.118. The Morgan fingerprint density at radius 3 is 2.87 bits per heavy atom. The van der Waals surface area contributed by atoms with Gasteiger partial charge < -0.3 is 15.0 Å². The number of nitrogens with two attached hydrogens (primary N) is 1. The topological polar surface area (TPSA) is 82.5 Å². The average molecular weight is 308 g/mol. The first-order valence-corrected chi connectivity index (χ1v) is 7.07. The van der Waals surface area contributed by atoms with Crippen molar-refractivity contribution in [2.45, 2.75) is 6.54 Å². The van der Waals surface area contributed by atoms with Gasteiger partial charge >= 0.3 is 0 Å². The number of methoxy groups -OCH3 is 1. The number of amides is 1. The van der Waals surface area contributed by atoms with Gasteiger partial charge in [-0.15, -0.1) is 0 Å². The monoisotopic (exact) mass is 308 g/mol. The van der Waals surface area contributed by atoms with Gasteiger partial charge in [0.2, 0.25) is 11.8 Å². The molecule has 0 radical (unpaired) electrons. The molecular formula is C17H16N4O2. The molecule has 6 nitrogen and oxygen atoms in total. The first-order valence-electron chi connectivity index (χ1n) is 7.07. The van der Waals surface area contributed by atoms with E-state index < -0.39 is 0 Å². The van der Waals surface area contributed by atoms with E-state index in [1.165, 1.54) is 0 Å². The predicted octanol–water partition coefficient (Wildman–Crippen LogP) is 2.28. The van der Waals surface area contributed by atoms with E-state index in [1.54, 1.807) is 25.6 Å². The molecule has 0 aliphatic rings. The maximum absolute atomic E-state index is 11.2. The van der Waals surface area contributed by atoms with Gasteiger partial charge in [-0.25, -0.2) is 4.98 Å². The smallest absolute Gasteiger partial charge is 0.237 e. The summed E-state index contributed by atoms with van der Waals surface area (Å²) >= 11 is 0. The minimum atomic E-state index is -0.381. The molecule has 0 fully saturated rings. The number of primary amides is 1. The van der Waals surface area contributed by atoms with Gasteiger partial charge in [0, 0.05) is 34.9 Å². The summed E-state index contributed by atoms with van der Waals surface area (Å²) in [6.07, 6.45) is 5.26. The van der Waals surface area contributed by atoms with E-state index in [0.29, 0.717) is 5.88 Å². The molecule has 3 aromatic rings. The molecule has 0 aliphatic heterocycles. The zero-order valence-electron chi connectivity index (χ0n) is 12.6. The third kappa shape index (κ3) is 3.21. The number of benzene rings is 1. The SMILES string of the molecule is COc1ccc(N=Cc2cn(CC(N)=O)c3ccccc23)cn1. The fourth-order valence-electron chi connectivity index (χ4n) is 2.39. The third-order valence-corrected chi connectivity index (χ3v) is 3.43. The highest BCUT2D eigenvalue weighted by Gasteiger charge is 2.08. The average Bonchev–Trinajstić information content (AvgIpc) is 2.91. The molecule has 0 unspecified atom stereocenters. The number of carbonyl (C=O) groups is 1. The van der Waals surface area contributed by atoms with Crippen LogP contribution in [0, 0.1) is 0 Å². The van der Waals surface area contributed by atoms with Crippen LogP contribution in [0.3, 0.4) is 0 Å². The molecule has 0 atom stereocenters. The molecule has 3 rings (SSSR count). The van der Waals surface area contributed by atoms with Crippen molar-refractivity contribution >= 4 is 28.7 Å². The zero-order chi connectivity index (χ0) is 16.2. The standard InChI is InChI=1S/C17H16N4O2/c1-23-17-7-6-13(9-20-17)19-8-12-10-21(11-16(18)22)15-5-3-2-4-14(12)15/h2-10H,11H2,1H3,(H2,18,22). The Balaban J connectivity index is 1.95. The van der Waals surface area contributed by atoms with Crippen molar-refractivity contribution in [1.29, 1.82) is 0 Å². The van der Waals surface area contributed by atoms with Crippen molar-refractivity contribution in [2.75, 3.05) is 7.11 Å². The summed E-state index contributed by atoms with van der Waals surface area (Å²) in [5.41, 5.74) is 7.88. The van der Waals surface area contributed by atoms with Gasteiger partial charge in [-0.2, -0.15) is 0 Å². The Kier molecular flexibility index (Phi) is 4.05. The summed E-state index contributed by atoms with van der Waals surface area (Å²) in [5, 5.41) is 1.01. The number of carbonyl (C=O) groups excluding carboxylic acids is 1. The second kappa shape index (κ2) is 6.31. The molecule has 0 spiro atoms. The van der Waals surface area contributed by atoms with Crippen molar-refractivity contribution in [1.82, 2.24) is 9.55 Å². The van der Waals surface area contributed by atoms with Crippen LogP contribution in [0.4, 0.5) is 5.69 Å². The Bertz CT molecular complexity index is 866. The molecule has 1 amide bonds.